The molecule has 1 aliphatic heterocycles. The molecule has 0 fully saturated rings. The van der Waals surface area contributed by atoms with Gasteiger partial charge in [-0.2, -0.15) is 0 Å². The highest BCUT2D eigenvalue weighted by Crippen LogP contribution is 2.36. The third-order valence-electron chi connectivity index (χ3n) is 3.83. The van der Waals surface area contributed by atoms with Crippen molar-refractivity contribution in [1.82, 2.24) is 5.32 Å². The smallest absolute Gasteiger partial charge is 0.273 e. The number of para-hydroxylation sites is 1. The zero-order valence-corrected chi connectivity index (χ0v) is 14.7. The summed E-state index contributed by atoms with van der Waals surface area (Å²) in [7, 11) is -3.77. The van der Waals surface area contributed by atoms with E-state index in [2.05, 4.69) is 5.32 Å². The molecule has 128 valence electrons. The lowest BCUT2D eigenvalue weighted by Gasteiger charge is -2.18. The zero-order valence-electron chi connectivity index (χ0n) is 13.1. The number of hydrogen-bond donors (Lipinski definition) is 1. The molecule has 0 saturated carbocycles. The quantitative estimate of drug-likeness (QED) is 0.881. The molecule has 0 bridgehead atoms. The summed E-state index contributed by atoms with van der Waals surface area (Å²) >= 11 is 1.16. The van der Waals surface area contributed by atoms with E-state index in [9.17, 15) is 17.6 Å². The number of nitrogens with zero attached hydrogens (tertiary/aromatic N) is 1. The van der Waals surface area contributed by atoms with Crippen LogP contribution < -0.4 is 9.62 Å². The first-order valence-electron chi connectivity index (χ1n) is 7.53. The fraction of sp³-hybridized carbons (Fsp3) is 0.312. The molecule has 0 saturated heterocycles. The Morgan fingerprint density at radius 2 is 2.12 bits per heavy atom. The number of amides is 1. The number of halogens is 1. The maximum atomic E-state index is 14.1. The van der Waals surface area contributed by atoms with Crippen molar-refractivity contribution < 1.29 is 17.6 Å². The average molecular weight is 368 g/mol. The summed E-state index contributed by atoms with van der Waals surface area (Å²) in [6.07, 6.45) is 1.07. The van der Waals surface area contributed by atoms with E-state index in [-0.39, 0.29) is 22.3 Å². The molecule has 2 aromatic rings. The second-order valence-corrected chi connectivity index (χ2v) is 8.79. The Hall–Kier alpha value is -1.93. The minimum absolute atomic E-state index is 0.122. The molecule has 8 heteroatoms. The molecule has 0 unspecified atom stereocenters. The molecule has 1 aromatic heterocycles. The molecule has 24 heavy (non-hydrogen) atoms. The van der Waals surface area contributed by atoms with Crippen molar-refractivity contribution in [2.45, 2.75) is 24.0 Å². The minimum atomic E-state index is -3.77. The van der Waals surface area contributed by atoms with Gasteiger partial charge in [-0.15, -0.1) is 11.3 Å². The first-order chi connectivity index (χ1) is 11.4. The van der Waals surface area contributed by atoms with Crippen LogP contribution in [0.1, 0.15) is 17.4 Å². The molecular weight excluding hydrogens is 351 g/mol. The van der Waals surface area contributed by atoms with E-state index in [1.165, 1.54) is 13.0 Å². The van der Waals surface area contributed by atoms with E-state index in [1.807, 2.05) is 0 Å². The number of carbonyl (C=O) groups is 1. The Morgan fingerprint density at radius 3 is 2.88 bits per heavy atom. The summed E-state index contributed by atoms with van der Waals surface area (Å²) in [5, 5.41) is 2.68. The van der Waals surface area contributed by atoms with Crippen LogP contribution >= 0.6 is 11.3 Å². The molecule has 1 aromatic carbocycles. The summed E-state index contributed by atoms with van der Waals surface area (Å²) in [4.78, 5) is 11.7. The predicted molar refractivity (Wildman–Crippen MR) is 91.3 cm³/mol. The molecule has 0 spiro atoms. The van der Waals surface area contributed by atoms with Gasteiger partial charge in [-0.1, -0.05) is 12.1 Å². The van der Waals surface area contributed by atoms with Crippen LogP contribution in [-0.4, -0.2) is 27.4 Å². The van der Waals surface area contributed by atoms with Gasteiger partial charge < -0.3 is 5.32 Å². The van der Waals surface area contributed by atoms with Gasteiger partial charge in [-0.3, -0.25) is 9.10 Å². The molecule has 0 aliphatic carbocycles. The lowest BCUT2D eigenvalue weighted by molar-refractivity contribution is -0.118. The Bertz CT molecular complexity index is 877. The molecule has 3 rings (SSSR count). The lowest BCUT2D eigenvalue weighted by atomic mass is 10.2. The summed E-state index contributed by atoms with van der Waals surface area (Å²) in [6.45, 7) is 2.14. The fourth-order valence-corrected chi connectivity index (χ4v) is 5.70. The molecule has 5 nitrogen and oxygen atoms in total. The maximum absolute atomic E-state index is 14.1. The topological polar surface area (TPSA) is 66.5 Å². The number of sulfonamides is 1. The van der Waals surface area contributed by atoms with Gasteiger partial charge in [-0.25, -0.2) is 12.8 Å². The molecule has 1 N–H and O–H groups in total. The van der Waals surface area contributed by atoms with Gasteiger partial charge in [0.05, 0.1) is 5.69 Å². The van der Waals surface area contributed by atoms with Gasteiger partial charge >= 0.3 is 0 Å². The fourth-order valence-electron chi connectivity index (χ4n) is 2.72. The first kappa shape index (κ1) is 16.9. The van der Waals surface area contributed by atoms with Crippen LogP contribution in [0, 0.1) is 5.82 Å². The van der Waals surface area contributed by atoms with Crippen molar-refractivity contribution in [3.05, 3.63) is 46.6 Å². The number of anilines is 1. The first-order valence-corrected chi connectivity index (χ1v) is 9.78. The number of benzene rings is 1. The zero-order chi connectivity index (χ0) is 17.3. The van der Waals surface area contributed by atoms with Gasteiger partial charge in [0.1, 0.15) is 10.0 Å². The van der Waals surface area contributed by atoms with Crippen molar-refractivity contribution in [1.29, 1.82) is 0 Å². The van der Waals surface area contributed by atoms with Crippen LogP contribution in [0.25, 0.3) is 0 Å². The summed E-state index contributed by atoms with van der Waals surface area (Å²) in [5.41, 5.74) is 0.867. The van der Waals surface area contributed by atoms with Crippen molar-refractivity contribution in [3.63, 3.8) is 0 Å². The van der Waals surface area contributed by atoms with Gasteiger partial charge in [0.25, 0.3) is 10.0 Å². The van der Waals surface area contributed by atoms with E-state index in [1.54, 1.807) is 24.3 Å². The summed E-state index contributed by atoms with van der Waals surface area (Å²) in [5.74, 6) is -0.639. The van der Waals surface area contributed by atoms with Gasteiger partial charge in [0, 0.05) is 24.9 Å². The molecule has 1 aliphatic rings. The van der Waals surface area contributed by atoms with E-state index in [0.29, 0.717) is 24.9 Å². The van der Waals surface area contributed by atoms with Crippen molar-refractivity contribution in [2.24, 2.45) is 0 Å². The summed E-state index contributed by atoms with van der Waals surface area (Å²) < 4.78 is 41.1. The highest BCUT2D eigenvalue weighted by molar-refractivity contribution is 7.94. The normalized spacial score (nSPS) is 13.8. The minimum Gasteiger partial charge on any atom is -0.356 e. The molecule has 1 amide bonds. The van der Waals surface area contributed by atoms with Crippen LogP contribution in [0.15, 0.2) is 34.5 Å². The number of fused-ring (bicyclic) bond motifs is 1. The standard InChI is InChI=1S/C16H17FN2O3S2/c1-11(20)18-9-7-13-5-6-15(23-13)24(21,22)19-10-8-12-3-2-4-14(17)16(12)19/h2-6H,7-10H2,1H3,(H,18,20). The Balaban J connectivity index is 1.83. The number of nitrogens with one attached hydrogen (secondary N) is 1. The number of hydrogen-bond acceptors (Lipinski definition) is 4. The number of carbonyl (C=O) groups excluding carboxylic acids is 1. The van der Waals surface area contributed by atoms with Crippen LogP contribution in [-0.2, 0) is 27.7 Å². The lowest BCUT2D eigenvalue weighted by Crippen LogP contribution is -2.29. The van der Waals surface area contributed by atoms with E-state index in [0.717, 1.165) is 20.5 Å². The highest BCUT2D eigenvalue weighted by atomic mass is 32.2. The molecule has 0 atom stereocenters. The van der Waals surface area contributed by atoms with Crippen molar-refractivity contribution in [3.8, 4) is 0 Å². The molecular formula is C16H17FN2O3S2. The summed E-state index contributed by atoms with van der Waals surface area (Å²) in [6, 6.07) is 7.90. The number of thiophene rings is 1. The van der Waals surface area contributed by atoms with Crippen LogP contribution in [0.3, 0.4) is 0 Å². The SMILES string of the molecule is CC(=O)NCCc1ccc(S(=O)(=O)N2CCc3cccc(F)c32)s1. The highest BCUT2D eigenvalue weighted by Gasteiger charge is 2.34. The molecule has 0 radical (unpaired) electrons. The maximum Gasteiger partial charge on any atom is 0.273 e. The van der Waals surface area contributed by atoms with Crippen molar-refractivity contribution in [2.75, 3.05) is 17.4 Å². The number of rotatable bonds is 5. The second-order valence-electron chi connectivity index (χ2n) is 5.53. The van der Waals surface area contributed by atoms with Gasteiger partial charge in [-0.05, 0) is 36.6 Å². The van der Waals surface area contributed by atoms with Crippen LogP contribution in [0.5, 0.6) is 0 Å². The van der Waals surface area contributed by atoms with Gasteiger partial charge in [0.2, 0.25) is 5.91 Å². The molecule has 2 heterocycles. The van der Waals surface area contributed by atoms with E-state index < -0.39 is 15.8 Å². The van der Waals surface area contributed by atoms with E-state index in [4.69, 9.17) is 0 Å². The Kier molecular flexibility index (Phi) is 4.60. The Labute approximate surface area is 144 Å². The van der Waals surface area contributed by atoms with Gasteiger partial charge in [0.15, 0.2) is 0 Å². The second kappa shape index (κ2) is 6.52. The van der Waals surface area contributed by atoms with E-state index >= 15 is 0 Å². The monoisotopic (exact) mass is 368 g/mol. The Morgan fingerprint density at radius 1 is 1.33 bits per heavy atom. The van der Waals surface area contributed by atoms with Crippen molar-refractivity contribution >= 4 is 33.0 Å². The predicted octanol–water partition coefficient (Wildman–Crippen LogP) is 2.32. The average Bonchev–Trinajstić information content (AvgIpc) is 3.14. The van der Waals surface area contributed by atoms with Crippen LogP contribution in [0.2, 0.25) is 0 Å². The third-order valence-corrected chi connectivity index (χ3v) is 7.24. The van der Waals surface area contributed by atoms with Crippen LogP contribution in [0.4, 0.5) is 10.1 Å². The third kappa shape index (κ3) is 3.16. The largest absolute Gasteiger partial charge is 0.356 e.